The molecule has 10 nitrogen and oxygen atoms in total. The van der Waals surface area contributed by atoms with E-state index in [0.717, 1.165) is 10.8 Å². The van der Waals surface area contributed by atoms with Crippen molar-refractivity contribution in [2.24, 2.45) is 5.16 Å². The molecule has 4 rings (SSSR count). The molecule has 0 aliphatic carbocycles. The summed E-state index contributed by atoms with van der Waals surface area (Å²) in [5, 5.41) is 6.10. The zero-order chi connectivity index (χ0) is 26.4. The third-order valence-electron chi connectivity index (χ3n) is 6.12. The summed E-state index contributed by atoms with van der Waals surface area (Å²) < 4.78 is 27.2. The molecule has 1 fully saturated rings. The maximum absolute atomic E-state index is 12.9. The van der Waals surface area contributed by atoms with Crippen LogP contribution in [0.25, 0.3) is 10.8 Å². The molecule has 0 saturated carbocycles. The number of carbonyl (C=O) groups excluding carboxylic acids is 1. The van der Waals surface area contributed by atoms with E-state index in [1.807, 2.05) is 24.3 Å². The molecule has 1 atom stereocenters. The number of fused-ring (bicyclic) bond motifs is 1. The number of methoxy groups -OCH3 is 4. The fourth-order valence-electron chi connectivity index (χ4n) is 4.12. The van der Waals surface area contributed by atoms with Crippen molar-refractivity contribution in [1.82, 2.24) is 9.88 Å². The molecule has 0 spiro atoms. The van der Waals surface area contributed by atoms with Crippen molar-refractivity contribution in [3.63, 3.8) is 0 Å². The summed E-state index contributed by atoms with van der Waals surface area (Å²) in [5.74, 6) is 2.07. The molecule has 10 heteroatoms. The van der Waals surface area contributed by atoms with E-state index < -0.39 is 6.10 Å². The molecular weight excluding hydrogens is 478 g/mol. The van der Waals surface area contributed by atoms with Crippen molar-refractivity contribution < 1.29 is 33.3 Å². The number of rotatable bonds is 9. The number of oxime groups is 1. The summed E-state index contributed by atoms with van der Waals surface area (Å²) in [6.07, 6.45) is 0.875. The molecule has 196 valence electrons. The molecule has 0 radical (unpaired) electrons. The number of benzene rings is 2. The van der Waals surface area contributed by atoms with Gasteiger partial charge in [-0.2, -0.15) is 0 Å². The molecule has 1 amide bonds. The van der Waals surface area contributed by atoms with Gasteiger partial charge in [0.25, 0.3) is 5.91 Å². The van der Waals surface area contributed by atoms with Gasteiger partial charge in [-0.3, -0.25) is 9.78 Å². The van der Waals surface area contributed by atoms with Crippen molar-refractivity contribution in [1.29, 1.82) is 0 Å². The first-order chi connectivity index (χ1) is 18.0. The van der Waals surface area contributed by atoms with Crippen LogP contribution in [-0.2, 0) is 14.4 Å². The summed E-state index contributed by atoms with van der Waals surface area (Å²) >= 11 is 0. The number of ether oxygens (including phenoxy) is 5. The monoisotopic (exact) mass is 509 g/mol. The number of amides is 1. The maximum Gasteiger partial charge on any atom is 0.266 e. The number of aromatic nitrogens is 1. The van der Waals surface area contributed by atoms with Gasteiger partial charge in [0, 0.05) is 30.2 Å². The molecule has 1 unspecified atom stereocenters. The highest BCUT2D eigenvalue weighted by Gasteiger charge is 2.25. The van der Waals surface area contributed by atoms with Crippen LogP contribution in [0.5, 0.6) is 23.0 Å². The molecule has 0 N–H and O–H groups in total. The average Bonchev–Trinajstić information content (AvgIpc) is 2.96. The van der Waals surface area contributed by atoms with Gasteiger partial charge in [-0.05, 0) is 48.7 Å². The molecule has 3 aromatic rings. The minimum absolute atomic E-state index is 0.156. The van der Waals surface area contributed by atoms with Gasteiger partial charge in [-0.25, -0.2) is 0 Å². The number of carbonyl (C=O) groups is 1. The molecular formula is C27H31N3O7. The lowest BCUT2D eigenvalue weighted by atomic mass is 10.0. The highest BCUT2D eigenvalue weighted by atomic mass is 16.6. The third-order valence-corrected chi connectivity index (χ3v) is 6.12. The topological polar surface area (TPSA) is 101 Å². The van der Waals surface area contributed by atoms with Crippen LogP contribution in [0.2, 0.25) is 0 Å². The summed E-state index contributed by atoms with van der Waals surface area (Å²) in [4.78, 5) is 25.1. The number of morpholine rings is 1. The maximum atomic E-state index is 12.9. The predicted molar refractivity (Wildman–Crippen MR) is 138 cm³/mol. The van der Waals surface area contributed by atoms with E-state index >= 15 is 0 Å². The van der Waals surface area contributed by atoms with Crippen molar-refractivity contribution in [2.45, 2.75) is 13.0 Å². The smallest absolute Gasteiger partial charge is 0.266 e. The lowest BCUT2D eigenvalue weighted by Gasteiger charge is -2.28. The van der Waals surface area contributed by atoms with Crippen LogP contribution in [0.3, 0.4) is 0 Å². The lowest BCUT2D eigenvalue weighted by molar-refractivity contribution is -0.146. The molecule has 1 aliphatic rings. The second kappa shape index (κ2) is 11.8. The van der Waals surface area contributed by atoms with Crippen LogP contribution in [0.15, 0.2) is 47.8 Å². The van der Waals surface area contributed by atoms with Gasteiger partial charge < -0.3 is 33.4 Å². The van der Waals surface area contributed by atoms with Gasteiger partial charge in [0.05, 0.1) is 41.7 Å². The van der Waals surface area contributed by atoms with Gasteiger partial charge in [-0.1, -0.05) is 5.16 Å². The molecule has 0 bridgehead atoms. The Morgan fingerprint density at radius 1 is 0.919 bits per heavy atom. The zero-order valence-corrected chi connectivity index (χ0v) is 21.6. The molecule has 1 aliphatic heterocycles. The predicted octanol–water partition coefficient (Wildman–Crippen LogP) is 3.29. The van der Waals surface area contributed by atoms with Crippen LogP contribution in [0, 0.1) is 0 Å². The third kappa shape index (κ3) is 5.54. The Balaban J connectivity index is 1.81. The first-order valence-corrected chi connectivity index (χ1v) is 11.8. The molecule has 2 heterocycles. The van der Waals surface area contributed by atoms with Crippen molar-refractivity contribution in [2.75, 3.05) is 54.7 Å². The Kier molecular flexibility index (Phi) is 8.29. The van der Waals surface area contributed by atoms with Gasteiger partial charge in [0.2, 0.25) is 6.10 Å². The number of hydrogen-bond donors (Lipinski definition) is 0. The lowest BCUT2D eigenvalue weighted by Crippen LogP contribution is -2.45. The number of pyridine rings is 1. The van der Waals surface area contributed by atoms with E-state index in [9.17, 15) is 4.79 Å². The Morgan fingerprint density at radius 2 is 1.57 bits per heavy atom. The van der Waals surface area contributed by atoms with Crippen LogP contribution in [-0.4, -0.2) is 82.3 Å². The Hall–Kier alpha value is -4.05. The summed E-state index contributed by atoms with van der Waals surface area (Å²) in [5.41, 5.74) is 1.62. The first kappa shape index (κ1) is 26.0. The quantitative estimate of drug-likeness (QED) is 0.320. The van der Waals surface area contributed by atoms with E-state index in [1.54, 1.807) is 58.6 Å². The van der Waals surface area contributed by atoms with Gasteiger partial charge in [0.15, 0.2) is 23.0 Å². The van der Waals surface area contributed by atoms with Crippen molar-refractivity contribution >= 4 is 22.4 Å². The van der Waals surface area contributed by atoms with E-state index in [4.69, 9.17) is 28.5 Å². The molecule has 1 saturated heterocycles. The number of nitrogens with zero attached hydrogens (tertiary/aromatic N) is 3. The van der Waals surface area contributed by atoms with Crippen LogP contribution >= 0.6 is 0 Å². The van der Waals surface area contributed by atoms with E-state index in [-0.39, 0.29) is 5.91 Å². The molecule has 37 heavy (non-hydrogen) atoms. The van der Waals surface area contributed by atoms with E-state index in [0.29, 0.717) is 66.3 Å². The fraction of sp³-hybridized carbons (Fsp3) is 0.370. The Labute approximate surface area is 215 Å². The average molecular weight is 510 g/mol. The Bertz CT molecular complexity index is 1290. The minimum atomic E-state index is -0.808. The summed E-state index contributed by atoms with van der Waals surface area (Å²) in [6.45, 7) is 3.72. The van der Waals surface area contributed by atoms with Gasteiger partial charge in [-0.15, -0.1) is 0 Å². The van der Waals surface area contributed by atoms with E-state index in [1.165, 1.54) is 0 Å². The SMILES string of the molecule is COc1ccc(/C(=N/OC(C)C(=O)N2CCOCC2)c2nccc3cc(OC)c(OC)cc23)cc1OC. The van der Waals surface area contributed by atoms with E-state index in [2.05, 4.69) is 10.1 Å². The zero-order valence-electron chi connectivity index (χ0n) is 21.6. The Morgan fingerprint density at radius 3 is 2.24 bits per heavy atom. The summed E-state index contributed by atoms with van der Waals surface area (Å²) in [6, 6.07) is 11.0. The molecule has 2 aromatic carbocycles. The highest BCUT2D eigenvalue weighted by Crippen LogP contribution is 2.35. The first-order valence-electron chi connectivity index (χ1n) is 11.8. The number of hydrogen-bond acceptors (Lipinski definition) is 9. The van der Waals surface area contributed by atoms with Crippen molar-refractivity contribution in [3.05, 3.63) is 53.9 Å². The molecule has 1 aromatic heterocycles. The van der Waals surface area contributed by atoms with Gasteiger partial charge in [0.1, 0.15) is 11.4 Å². The van der Waals surface area contributed by atoms with Crippen molar-refractivity contribution in [3.8, 4) is 23.0 Å². The highest BCUT2D eigenvalue weighted by molar-refractivity contribution is 6.18. The van der Waals surface area contributed by atoms with Gasteiger partial charge >= 0.3 is 0 Å². The van der Waals surface area contributed by atoms with Crippen LogP contribution in [0.1, 0.15) is 18.2 Å². The standard InChI is InChI=1S/C27H31N3O7/c1-17(27(31)30-10-12-36-13-11-30)37-29-25(19-6-7-21(32-2)22(15-19)33-3)26-20-16-24(35-5)23(34-4)14-18(20)8-9-28-26/h6-9,14-17H,10-13H2,1-5H3/b29-25-. The van der Waals surface area contributed by atoms with Crippen LogP contribution < -0.4 is 18.9 Å². The minimum Gasteiger partial charge on any atom is -0.493 e. The van der Waals surface area contributed by atoms with Crippen LogP contribution in [0.4, 0.5) is 0 Å². The normalized spacial score (nSPS) is 14.7. The largest absolute Gasteiger partial charge is 0.493 e. The second-order valence-electron chi connectivity index (χ2n) is 8.28. The summed E-state index contributed by atoms with van der Waals surface area (Å²) in [7, 11) is 6.29. The fourth-order valence-corrected chi connectivity index (χ4v) is 4.12. The second-order valence-corrected chi connectivity index (χ2v) is 8.28.